The molecule has 2 aromatic heterocycles. The van der Waals surface area contributed by atoms with Gasteiger partial charge in [0.25, 0.3) is 0 Å². The van der Waals surface area contributed by atoms with Gasteiger partial charge in [-0.05, 0) is 37.1 Å². The third kappa shape index (κ3) is 1.23. The van der Waals surface area contributed by atoms with Crippen LogP contribution in [0.5, 0.6) is 5.75 Å². The van der Waals surface area contributed by atoms with E-state index in [-0.39, 0.29) is 0 Å². The first-order chi connectivity index (χ1) is 8.38. The van der Waals surface area contributed by atoms with E-state index in [1.807, 2.05) is 18.3 Å². The molecule has 3 heterocycles. The van der Waals surface area contributed by atoms with E-state index in [0.717, 1.165) is 42.1 Å². The molecule has 88 valence electrons. The van der Waals surface area contributed by atoms with Crippen molar-refractivity contribution in [3.63, 3.8) is 0 Å². The first-order valence-corrected chi connectivity index (χ1v) is 5.98. The zero-order valence-corrected chi connectivity index (χ0v) is 9.63. The highest BCUT2D eigenvalue weighted by Gasteiger charge is 2.55. The molecule has 1 N–H and O–H groups in total. The molecule has 5 nitrogen and oxygen atoms in total. The van der Waals surface area contributed by atoms with Gasteiger partial charge in [-0.15, -0.1) is 10.2 Å². The summed E-state index contributed by atoms with van der Waals surface area (Å²) in [6.07, 6.45) is 1.98. The Bertz CT molecular complexity index is 569. The average molecular weight is 230 g/mol. The van der Waals surface area contributed by atoms with E-state index in [0.29, 0.717) is 5.92 Å². The standard InChI is InChI=1S/C12H14N4O/c1-17-7-2-3-10-14-15-12(16(10)6-7)11-8-4-13-5-9(8)11/h2-3,6,8-9,11,13H,4-5H2,1H3. The smallest absolute Gasteiger partial charge is 0.161 e. The van der Waals surface area contributed by atoms with Gasteiger partial charge in [-0.25, -0.2) is 0 Å². The van der Waals surface area contributed by atoms with Crippen LogP contribution in [0.25, 0.3) is 5.65 Å². The first-order valence-electron chi connectivity index (χ1n) is 5.98. The van der Waals surface area contributed by atoms with Gasteiger partial charge in [-0.1, -0.05) is 0 Å². The van der Waals surface area contributed by atoms with Gasteiger partial charge in [0.1, 0.15) is 11.6 Å². The van der Waals surface area contributed by atoms with Gasteiger partial charge < -0.3 is 10.1 Å². The van der Waals surface area contributed by atoms with Crippen LogP contribution in [0.4, 0.5) is 0 Å². The highest BCUT2D eigenvalue weighted by atomic mass is 16.5. The molecule has 0 bridgehead atoms. The lowest BCUT2D eigenvalue weighted by Crippen LogP contribution is -2.15. The van der Waals surface area contributed by atoms with Gasteiger partial charge in [0.05, 0.1) is 13.3 Å². The topological polar surface area (TPSA) is 51.5 Å². The van der Waals surface area contributed by atoms with Crippen LogP contribution in [0.15, 0.2) is 18.3 Å². The quantitative estimate of drug-likeness (QED) is 0.824. The predicted octanol–water partition coefficient (Wildman–Crippen LogP) is 0.671. The lowest BCUT2D eigenvalue weighted by atomic mass is 10.2. The second-order valence-corrected chi connectivity index (χ2v) is 4.87. The monoisotopic (exact) mass is 230 g/mol. The second kappa shape index (κ2) is 3.20. The minimum absolute atomic E-state index is 0.582. The van der Waals surface area contributed by atoms with Crippen molar-refractivity contribution in [2.24, 2.45) is 11.8 Å². The number of hydrogen-bond acceptors (Lipinski definition) is 4. The normalized spacial score (nSPS) is 30.5. The lowest BCUT2D eigenvalue weighted by Gasteiger charge is -2.04. The van der Waals surface area contributed by atoms with Gasteiger partial charge in [0, 0.05) is 5.92 Å². The Morgan fingerprint density at radius 2 is 2.12 bits per heavy atom. The fraction of sp³-hybridized carbons (Fsp3) is 0.500. The van der Waals surface area contributed by atoms with Crippen molar-refractivity contribution in [3.05, 3.63) is 24.2 Å². The summed E-state index contributed by atoms with van der Waals surface area (Å²) in [6, 6.07) is 3.87. The van der Waals surface area contributed by atoms with Crippen molar-refractivity contribution in [2.75, 3.05) is 20.2 Å². The summed E-state index contributed by atoms with van der Waals surface area (Å²) in [4.78, 5) is 0. The van der Waals surface area contributed by atoms with Gasteiger partial charge in [0.2, 0.25) is 0 Å². The molecule has 0 aromatic carbocycles. The molecule has 1 aliphatic heterocycles. The van der Waals surface area contributed by atoms with Crippen molar-refractivity contribution in [1.82, 2.24) is 19.9 Å². The van der Waals surface area contributed by atoms with Crippen LogP contribution in [0.3, 0.4) is 0 Å². The molecular weight excluding hydrogens is 216 g/mol. The summed E-state index contributed by atoms with van der Waals surface area (Å²) in [5, 5.41) is 12.0. The summed E-state index contributed by atoms with van der Waals surface area (Å²) in [5.74, 6) is 4.04. The van der Waals surface area contributed by atoms with Crippen LogP contribution >= 0.6 is 0 Å². The Hall–Kier alpha value is -1.62. The molecule has 1 aliphatic carbocycles. The fourth-order valence-corrected chi connectivity index (χ4v) is 3.04. The van der Waals surface area contributed by atoms with Crippen LogP contribution in [0, 0.1) is 11.8 Å². The largest absolute Gasteiger partial charge is 0.495 e. The maximum absolute atomic E-state index is 5.25. The summed E-state index contributed by atoms with van der Waals surface area (Å²) in [6.45, 7) is 2.24. The Labute approximate surface area is 98.8 Å². The Morgan fingerprint density at radius 1 is 1.29 bits per heavy atom. The molecule has 17 heavy (non-hydrogen) atoms. The summed E-state index contributed by atoms with van der Waals surface area (Å²) >= 11 is 0. The number of methoxy groups -OCH3 is 1. The Balaban J connectivity index is 1.80. The van der Waals surface area contributed by atoms with E-state index in [1.165, 1.54) is 0 Å². The Morgan fingerprint density at radius 3 is 2.88 bits per heavy atom. The van der Waals surface area contributed by atoms with Crippen molar-refractivity contribution in [1.29, 1.82) is 0 Å². The SMILES string of the molecule is COc1ccc2nnc(C3C4CNCC43)n2c1. The summed E-state index contributed by atoms with van der Waals surface area (Å²) in [7, 11) is 1.68. The predicted molar refractivity (Wildman–Crippen MR) is 62.1 cm³/mol. The van der Waals surface area contributed by atoms with Crippen LogP contribution in [0.2, 0.25) is 0 Å². The minimum atomic E-state index is 0.582. The number of nitrogens with one attached hydrogen (secondary N) is 1. The number of hydrogen-bond donors (Lipinski definition) is 1. The Kier molecular flexibility index (Phi) is 1.77. The molecule has 2 fully saturated rings. The van der Waals surface area contributed by atoms with Crippen LogP contribution in [0.1, 0.15) is 11.7 Å². The molecule has 0 spiro atoms. The summed E-state index contributed by atoms with van der Waals surface area (Å²) in [5.41, 5.74) is 0.902. The molecule has 2 unspecified atom stereocenters. The van der Waals surface area contributed by atoms with E-state index in [1.54, 1.807) is 7.11 Å². The molecule has 0 radical (unpaired) electrons. The summed E-state index contributed by atoms with van der Waals surface area (Å²) < 4.78 is 7.32. The molecule has 1 saturated heterocycles. The maximum atomic E-state index is 5.25. The first kappa shape index (κ1) is 9.41. The number of aromatic nitrogens is 3. The van der Waals surface area contributed by atoms with Gasteiger partial charge in [0.15, 0.2) is 5.65 Å². The number of fused-ring (bicyclic) bond motifs is 2. The van der Waals surface area contributed by atoms with Crippen molar-refractivity contribution in [3.8, 4) is 5.75 Å². The molecule has 2 aromatic rings. The van der Waals surface area contributed by atoms with E-state index >= 15 is 0 Å². The molecule has 4 rings (SSSR count). The highest BCUT2D eigenvalue weighted by Crippen LogP contribution is 2.55. The number of rotatable bonds is 2. The van der Waals surface area contributed by atoms with Crippen LogP contribution in [-0.4, -0.2) is 34.8 Å². The number of piperidine rings is 1. The van der Waals surface area contributed by atoms with Crippen molar-refractivity contribution < 1.29 is 4.74 Å². The van der Waals surface area contributed by atoms with Gasteiger partial charge >= 0.3 is 0 Å². The fourth-order valence-electron chi connectivity index (χ4n) is 3.04. The third-order valence-electron chi connectivity index (χ3n) is 4.03. The molecule has 5 heteroatoms. The number of ether oxygens (including phenoxy) is 1. The molecular formula is C12H14N4O. The zero-order valence-electron chi connectivity index (χ0n) is 9.63. The maximum Gasteiger partial charge on any atom is 0.161 e. The zero-order chi connectivity index (χ0) is 11.4. The average Bonchev–Trinajstić information content (AvgIpc) is 2.79. The molecule has 1 saturated carbocycles. The van der Waals surface area contributed by atoms with E-state index < -0.39 is 0 Å². The minimum Gasteiger partial charge on any atom is -0.495 e. The van der Waals surface area contributed by atoms with Crippen molar-refractivity contribution in [2.45, 2.75) is 5.92 Å². The third-order valence-corrected chi connectivity index (χ3v) is 4.03. The van der Waals surface area contributed by atoms with E-state index in [2.05, 4.69) is 19.9 Å². The molecule has 2 aliphatic rings. The van der Waals surface area contributed by atoms with E-state index in [9.17, 15) is 0 Å². The van der Waals surface area contributed by atoms with Crippen molar-refractivity contribution >= 4 is 5.65 Å². The second-order valence-electron chi connectivity index (χ2n) is 4.87. The van der Waals surface area contributed by atoms with E-state index in [4.69, 9.17) is 4.74 Å². The lowest BCUT2D eigenvalue weighted by molar-refractivity contribution is 0.412. The molecule has 0 amide bonds. The van der Waals surface area contributed by atoms with Crippen LogP contribution < -0.4 is 10.1 Å². The van der Waals surface area contributed by atoms with Gasteiger partial charge in [-0.3, -0.25) is 4.40 Å². The number of nitrogens with zero attached hydrogens (tertiary/aromatic N) is 3. The molecule has 2 atom stereocenters. The van der Waals surface area contributed by atoms with Gasteiger partial charge in [-0.2, -0.15) is 0 Å². The number of pyridine rings is 1. The highest BCUT2D eigenvalue weighted by molar-refractivity contribution is 5.43. The van der Waals surface area contributed by atoms with Crippen LogP contribution in [-0.2, 0) is 0 Å².